The van der Waals surface area contributed by atoms with Gasteiger partial charge in [-0.25, -0.2) is 0 Å². The van der Waals surface area contributed by atoms with E-state index in [1.807, 2.05) is 13.0 Å². The number of nitrogens with one attached hydrogen (secondary N) is 1. The molecule has 0 saturated carbocycles. The first-order valence-corrected chi connectivity index (χ1v) is 6.55. The highest BCUT2D eigenvalue weighted by molar-refractivity contribution is 5.71. The van der Waals surface area contributed by atoms with E-state index in [9.17, 15) is 15.1 Å². The lowest BCUT2D eigenvalue weighted by molar-refractivity contribution is -0.156. The number of aromatic hydroxyl groups is 1. The number of hydrogen-bond acceptors (Lipinski definition) is 5. The number of hydroxylamine groups is 1. The largest absolute Gasteiger partial charge is 0.507 e. The van der Waals surface area contributed by atoms with Crippen LogP contribution in [0.3, 0.4) is 0 Å². The Morgan fingerprint density at radius 2 is 1.95 bits per heavy atom. The Balaban J connectivity index is 2.95. The number of hydrogen-bond donors (Lipinski definition) is 3. The number of carbonyl (C=O) groups is 1. The summed E-state index contributed by atoms with van der Waals surface area (Å²) in [5, 5.41) is 19.3. The van der Waals surface area contributed by atoms with Gasteiger partial charge in [0, 0.05) is 5.56 Å². The van der Waals surface area contributed by atoms with Gasteiger partial charge in [-0.1, -0.05) is 17.7 Å². The lowest BCUT2D eigenvalue weighted by Crippen LogP contribution is -2.28. The van der Waals surface area contributed by atoms with Crippen LogP contribution in [0.4, 0.5) is 0 Å². The Morgan fingerprint density at radius 3 is 2.45 bits per heavy atom. The van der Waals surface area contributed by atoms with Crippen molar-refractivity contribution in [2.24, 2.45) is 0 Å². The Hall–Kier alpha value is -1.59. The zero-order valence-electron chi connectivity index (χ0n) is 12.7. The molecule has 1 unspecified atom stereocenters. The number of carbonyl (C=O) groups excluding carboxylic acids is 1. The molecule has 0 aliphatic heterocycles. The molecule has 1 aromatic rings. The minimum absolute atomic E-state index is 0.0653. The summed E-state index contributed by atoms with van der Waals surface area (Å²) < 4.78 is 5.22. The Morgan fingerprint density at radius 1 is 1.35 bits per heavy atom. The van der Waals surface area contributed by atoms with Crippen molar-refractivity contribution < 1.29 is 19.8 Å². The van der Waals surface area contributed by atoms with E-state index in [1.54, 1.807) is 33.8 Å². The maximum absolute atomic E-state index is 11.8. The highest BCUT2D eigenvalue weighted by atomic mass is 16.6. The van der Waals surface area contributed by atoms with E-state index >= 15 is 0 Å². The Bertz CT molecular complexity index is 491. The summed E-state index contributed by atoms with van der Waals surface area (Å²) in [5.41, 5.74) is 3.61. The van der Waals surface area contributed by atoms with Gasteiger partial charge < -0.3 is 15.1 Å². The molecule has 0 aliphatic carbocycles. The molecule has 0 aliphatic rings. The first-order valence-electron chi connectivity index (χ1n) is 6.55. The van der Waals surface area contributed by atoms with Gasteiger partial charge in [0.1, 0.15) is 11.4 Å². The van der Waals surface area contributed by atoms with Crippen LogP contribution in [-0.4, -0.2) is 21.9 Å². The molecule has 112 valence electrons. The van der Waals surface area contributed by atoms with E-state index in [-0.39, 0.29) is 12.2 Å². The third kappa shape index (κ3) is 4.51. The first kappa shape index (κ1) is 16.5. The standard InChI is InChI=1S/C15H23NO4/c1-9-6-10(2)14(18)11(7-9)12(16-19)8-13(17)20-15(3,4)5/h6-7,12,16,18-19H,8H2,1-5H3. The predicted molar refractivity (Wildman–Crippen MR) is 75.7 cm³/mol. The second kappa shape index (κ2) is 6.24. The molecule has 1 atom stereocenters. The molecular weight excluding hydrogens is 258 g/mol. The number of ether oxygens (including phenoxy) is 1. The van der Waals surface area contributed by atoms with Crippen molar-refractivity contribution in [3.05, 3.63) is 28.8 Å². The molecule has 5 heteroatoms. The average molecular weight is 281 g/mol. The van der Waals surface area contributed by atoms with Gasteiger partial charge in [0.15, 0.2) is 0 Å². The molecule has 0 heterocycles. The molecule has 0 amide bonds. The van der Waals surface area contributed by atoms with Gasteiger partial charge in [-0.05, 0) is 40.2 Å². The maximum Gasteiger partial charge on any atom is 0.308 e. The van der Waals surface area contributed by atoms with Crippen molar-refractivity contribution in [1.29, 1.82) is 0 Å². The fourth-order valence-corrected chi connectivity index (χ4v) is 2.03. The lowest BCUT2D eigenvalue weighted by Gasteiger charge is -2.22. The average Bonchev–Trinajstić information content (AvgIpc) is 2.28. The van der Waals surface area contributed by atoms with Crippen LogP contribution < -0.4 is 5.48 Å². The summed E-state index contributed by atoms with van der Waals surface area (Å²) in [7, 11) is 0. The molecule has 5 nitrogen and oxygen atoms in total. The first-order chi connectivity index (χ1) is 9.14. The topological polar surface area (TPSA) is 78.8 Å². The van der Waals surface area contributed by atoms with E-state index in [0.29, 0.717) is 11.1 Å². The van der Waals surface area contributed by atoms with E-state index in [2.05, 4.69) is 5.48 Å². The maximum atomic E-state index is 11.8. The highest BCUT2D eigenvalue weighted by Gasteiger charge is 2.23. The molecule has 0 spiro atoms. The van der Waals surface area contributed by atoms with Crippen molar-refractivity contribution in [2.45, 2.75) is 52.7 Å². The van der Waals surface area contributed by atoms with E-state index in [0.717, 1.165) is 5.56 Å². The fraction of sp³-hybridized carbons (Fsp3) is 0.533. The Kier molecular flexibility index (Phi) is 5.14. The molecule has 20 heavy (non-hydrogen) atoms. The molecule has 1 aromatic carbocycles. The third-order valence-corrected chi connectivity index (χ3v) is 2.80. The van der Waals surface area contributed by atoms with Crippen LogP contribution in [0.2, 0.25) is 0 Å². The summed E-state index contributed by atoms with van der Waals surface area (Å²) in [5.74, 6) is -0.367. The normalized spacial score (nSPS) is 13.1. The van der Waals surface area contributed by atoms with Gasteiger partial charge in [-0.15, -0.1) is 0 Å². The third-order valence-electron chi connectivity index (χ3n) is 2.80. The number of phenols is 1. The van der Waals surface area contributed by atoms with Crippen LogP contribution in [0.15, 0.2) is 12.1 Å². The number of esters is 1. The second-order valence-electron chi connectivity index (χ2n) is 5.99. The quantitative estimate of drug-likeness (QED) is 0.584. The highest BCUT2D eigenvalue weighted by Crippen LogP contribution is 2.31. The molecule has 0 fully saturated rings. The SMILES string of the molecule is Cc1cc(C)c(O)c(C(CC(=O)OC(C)(C)C)NO)c1. The summed E-state index contributed by atoms with van der Waals surface area (Å²) in [6.07, 6.45) is -0.0653. The minimum Gasteiger partial charge on any atom is -0.507 e. The van der Waals surface area contributed by atoms with Crippen LogP contribution in [0, 0.1) is 13.8 Å². The molecule has 0 radical (unpaired) electrons. The number of aryl methyl sites for hydroxylation is 2. The molecule has 0 aromatic heterocycles. The molecule has 0 saturated heterocycles. The van der Waals surface area contributed by atoms with E-state index in [1.165, 1.54) is 0 Å². The van der Waals surface area contributed by atoms with Crippen LogP contribution in [0.25, 0.3) is 0 Å². The molecular formula is C15H23NO4. The zero-order chi connectivity index (χ0) is 15.5. The second-order valence-corrected chi connectivity index (χ2v) is 5.99. The van der Waals surface area contributed by atoms with Crippen molar-refractivity contribution >= 4 is 5.97 Å². The minimum atomic E-state index is -0.705. The molecule has 1 rings (SSSR count). The van der Waals surface area contributed by atoms with Gasteiger partial charge in [0.2, 0.25) is 0 Å². The Labute approximate surface area is 119 Å². The molecule has 3 N–H and O–H groups in total. The van der Waals surface area contributed by atoms with Crippen molar-refractivity contribution in [1.82, 2.24) is 5.48 Å². The van der Waals surface area contributed by atoms with Crippen LogP contribution in [0.5, 0.6) is 5.75 Å². The van der Waals surface area contributed by atoms with Crippen molar-refractivity contribution in [3.8, 4) is 5.75 Å². The zero-order valence-corrected chi connectivity index (χ0v) is 12.7. The van der Waals surface area contributed by atoms with E-state index in [4.69, 9.17) is 4.74 Å². The van der Waals surface area contributed by atoms with Crippen molar-refractivity contribution in [2.75, 3.05) is 0 Å². The van der Waals surface area contributed by atoms with Crippen LogP contribution in [-0.2, 0) is 9.53 Å². The van der Waals surface area contributed by atoms with Gasteiger partial charge in [-0.2, -0.15) is 5.48 Å². The summed E-state index contributed by atoms with van der Waals surface area (Å²) in [4.78, 5) is 11.8. The monoisotopic (exact) mass is 281 g/mol. The number of phenolic OH excluding ortho intramolecular Hbond substituents is 1. The van der Waals surface area contributed by atoms with E-state index < -0.39 is 17.6 Å². The number of benzene rings is 1. The van der Waals surface area contributed by atoms with Gasteiger partial charge in [0.25, 0.3) is 0 Å². The molecule has 0 bridgehead atoms. The summed E-state index contributed by atoms with van der Waals surface area (Å²) in [6, 6.07) is 2.87. The summed E-state index contributed by atoms with van der Waals surface area (Å²) in [6.45, 7) is 8.99. The lowest BCUT2D eigenvalue weighted by atomic mass is 9.98. The fourth-order valence-electron chi connectivity index (χ4n) is 2.03. The van der Waals surface area contributed by atoms with Crippen molar-refractivity contribution in [3.63, 3.8) is 0 Å². The smallest absolute Gasteiger partial charge is 0.308 e. The number of rotatable bonds is 4. The van der Waals surface area contributed by atoms with Gasteiger partial charge >= 0.3 is 5.97 Å². The van der Waals surface area contributed by atoms with Gasteiger partial charge in [-0.3, -0.25) is 4.79 Å². The van der Waals surface area contributed by atoms with Crippen LogP contribution >= 0.6 is 0 Å². The summed E-state index contributed by atoms with van der Waals surface area (Å²) >= 11 is 0. The van der Waals surface area contributed by atoms with Crippen LogP contribution in [0.1, 0.15) is 49.9 Å². The predicted octanol–water partition coefficient (Wildman–Crippen LogP) is 2.76. The van der Waals surface area contributed by atoms with Gasteiger partial charge in [0.05, 0.1) is 12.5 Å².